The molecule has 136 valence electrons. The van der Waals surface area contributed by atoms with Crippen molar-refractivity contribution in [2.24, 2.45) is 0 Å². The van der Waals surface area contributed by atoms with Crippen LogP contribution in [-0.4, -0.2) is 5.78 Å². The monoisotopic (exact) mass is 346 g/mol. The van der Waals surface area contributed by atoms with Crippen molar-refractivity contribution in [3.05, 3.63) is 69.8 Å². The molecule has 4 rings (SSSR count). The average molecular weight is 347 g/mol. The molecular weight excluding hydrogens is 316 g/mol. The van der Waals surface area contributed by atoms with Crippen molar-refractivity contribution in [2.45, 2.75) is 77.0 Å². The molecule has 0 radical (unpaired) electrons. The van der Waals surface area contributed by atoms with Crippen LogP contribution in [0.25, 0.3) is 0 Å². The summed E-state index contributed by atoms with van der Waals surface area (Å²) in [6, 6.07) is 12.8. The molecule has 2 aromatic rings. The first-order chi connectivity index (χ1) is 12.3. The van der Waals surface area contributed by atoms with Crippen LogP contribution in [0, 0.1) is 0 Å². The number of fused-ring (bicyclic) bond motifs is 2. The van der Waals surface area contributed by atoms with Crippen molar-refractivity contribution in [1.82, 2.24) is 0 Å². The van der Waals surface area contributed by atoms with Gasteiger partial charge in [-0.15, -0.1) is 0 Å². The lowest BCUT2D eigenvalue weighted by Crippen LogP contribution is -2.24. The quantitative estimate of drug-likeness (QED) is 0.596. The van der Waals surface area contributed by atoms with Gasteiger partial charge in [-0.3, -0.25) is 4.79 Å². The zero-order chi connectivity index (χ0) is 18.5. The molecule has 26 heavy (non-hydrogen) atoms. The maximum Gasteiger partial charge on any atom is 0.193 e. The summed E-state index contributed by atoms with van der Waals surface area (Å²) in [6.07, 6.45) is 7.08. The Hall–Kier alpha value is -1.89. The fourth-order valence-electron chi connectivity index (χ4n) is 5.08. The maximum atomic E-state index is 13.1. The van der Waals surface area contributed by atoms with Gasteiger partial charge < -0.3 is 0 Å². The summed E-state index contributed by atoms with van der Waals surface area (Å²) >= 11 is 0. The lowest BCUT2D eigenvalue weighted by molar-refractivity contribution is 0.103. The molecule has 0 saturated heterocycles. The molecule has 0 bridgehead atoms. The fraction of sp³-hybridized carbons (Fsp3) is 0.480. The van der Waals surface area contributed by atoms with E-state index in [0.29, 0.717) is 0 Å². The van der Waals surface area contributed by atoms with E-state index >= 15 is 0 Å². The Kier molecular flexibility index (Phi) is 4.10. The Balaban J connectivity index is 1.69. The number of rotatable bonds is 2. The van der Waals surface area contributed by atoms with Crippen LogP contribution < -0.4 is 0 Å². The minimum absolute atomic E-state index is 0.169. The Morgan fingerprint density at radius 1 is 0.731 bits per heavy atom. The van der Waals surface area contributed by atoms with Crippen molar-refractivity contribution in [3.8, 4) is 0 Å². The SMILES string of the molecule is CC1(C)CCCc2cc(C(=O)c3ccc4c(c3)CCCC4(C)C)ccc21. The van der Waals surface area contributed by atoms with Crippen molar-refractivity contribution < 1.29 is 4.79 Å². The largest absolute Gasteiger partial charge is 0.289 e. The van der Waals surface area contributed by atoms with E-state index in [2.05, 4.69) is 52.0 Å². The second-order valence-corrected chi connectivity index (χ2v) is 9.55. The number of aryl methyl sites for hydroxylation is 2. The minimum atomic E-state index is 0.169. The second kappa shape index (κ2) is 6.08. The molecule has 0 amide bonds. The summed E-state index contributed by atoms with van der Waals surface area (Å²) < 4.78 is 0. The van der Waals surface area contributed by atoms with Gasteiger partial charge in [0.25, 0.3) is 0 Å². The van der Waals surface area contributed by atoms with Gasteiger partial charge in [0.05, 0.1) is 0 Å². The van der Waals surface area contributed by atoms with E-state index in [-0.39, 0.29) is 16.6 Å². The lowest BCUT2D eigenvalue weighted by Gasteiger charge is -2.33. The van der Waals surface area contributed by atoms with Gasteiger partial charge in [-0.25, -0.2) is 0 Å². The zero-order valence-corrected chi connectivity index (χ0v) is 16.6. The van der Waals surface area contributed by atoms with Gasteiger partial charge in [0, 0.05) is 11.1 Å². The van der Waals surface area contributed by atoms with Crippen molar-refractivity contribution >= 4 is 5.78 Å². The standard InChI is InChI=1S/C25H30O/c1-24(2)13-5-7-17-15-19(9-11-21(17)24)23(26)20-10-12-22-18(16-20)8-6-14-25(22,3)4/h9-12,15-16H,5-8,13-14H2,1-4H3. The van der Waals surface area contributed by atoms with Crippen LogP contribution >= 0.6 is 0 Å². The highest BCUT2D eigenvalue weighted by atomic mass is 16.1. The first-order valence-electron chi connectivity index (χ1n) is 10.1. The first kappa shape index (κ1) is 17.5. The average Bonchev–Trinajstić information content (AvgIpc) is 2.60. The van der Waals surface area contributed by atoms with E-state index in [1.165, 1.54) is 47.9 Å². The molecule has 0 saturated carbocycles. The molecule has 2 aliphatic carbocycles. The number of benzene rings is 2. The Morgan fingerprint density at radius 3 is 1.58 bits per heavy atom. The highest BCUT2D eigenvalue weighted by molar-refractivity contribution is 6.09. The van der Waals surface area contributed by atoms with Gasteiger partial charge in [0.2, 0.25) is 0 Å². The molecule has 0 spiro atoms. The van der Waals surface area contributed by atoms with Crippen LogP contribution in [0.15, 0.2) is 36.4 Å². The third kappa shape index (κ3) is 2.92. The van der Waals surface area contributed by atoms with Crippen molar-refractivity contribution in [1.29, 1.82) is 0 Å². The van der Waals surface area contributed by atoms with E-state index in [0.717, 1.165) is 24.0 Å². The van der Waals surface area contributed by atoms with Crippen LogP contribution in [0.5, 0.6) is 0 Å². The summed E-state index contributed by atoms with van der Waals surface area (Å²) in [5, 5.41) is 0. The number of carbonyl (C=O) groups excluding carboxylic acids is 1. The summed E-state index contributed by atoms with van der Waals surface area (Å²) in [6.45, 7) is 9.27. The van der Waals surface area contributed by atoms with E-state index in [4.69, 9.17) is 0 Å². The van der Waals surface area contributed by atoms with Crippen molar-refractivity contribution in [2.75, 3.05) is 0 Å². The van der Waals surface area contributed by atoms with E-state index in [9.17, 15) is 4.79 Å². The third-order valence-corrected chi connectivity index (χ3v) is 6.69. The summed E-state index contributed by atoms with van der Waals surface area (Å²) in [5.74, 6) is 0.169. The summed E-state index contributed by atoms with van der Waals surface area (Å²) in [4.78, 5) is 13.1. The fourth-order valence-corrected chi connectivity index (χ4v) is 5.08. The van der Waals surface area contributed by atoms with Gasteiger partial charge in [-0.05, 0) is 83.7 Å². The normalized spacial score (nSPS) is 20.2. The summed E-state index contributed by atoms with van der Waals surface area (Å²) in [5.41, 5.74) is 7.73. The molecule has 0 atom stereocenters. The number of hydrogen-bond acceptors (Lipinski definition) is 1. The highest BCUT2D eigenvalue weighted by Gasteiger charge is 2.29. The zero-order valence-electron chi connectivity index (χ0n) is 16.6. The molecule has 0 unspecified atom stereocenters. The topological polar surface area (TPSA) is 17.1 Å². The molecule has 2 aromatic carbocycles. The molecule has 1 nitrogen and oxygen atoms in total. The first-order valence-corrected chi connectivity index (χ1v) is 10.1. The lowest BCUT2D eigenvalue weighted by atomic mass is 9.71. The highest BCUT2D eigenvalue weighted by Crippen LogP contribution is 2.39. The van der Waals surface area contributed by atoms with Crippen LogP contribution in [-0.2, 0) is 23.7 Å². The molecule has 2 aliphatic rings. The van der Waals surface area contributed by atoms with E-state index in [1.807, 2.05) is 12.1 Å². The van der Waals surface area contributed by atoms with Gasteiger partial charge in [-0.2, -0.15) is 0 Å². The van der Waals surface area contributed by atoms with Crippen LogP contribution in [0.1, 0.15) is 91.6 Å². The van der Waals surface area contributed by atoms with Gasteiger partial charge in [0.15, 0.2) is 5.78 Å². The molecule has 0 aromatic heterocycles. The van der Waals surface area contributed by atoms with Crippen LogP contribution in [0.4, 0.5) is 0 Å². The maximum absolute atomic E-state index is 13.1. The summed E-state index contributed by atoms with van der Waals surface area (Å²) in [7, 11) is 0. The molecule has 1 heteroatoms. The number of ketones is 1. The number of hydrogen-bond donors (Lipinski definition) is 0. The van der Waals surface area contributed by atoms with Gasteiger partial charge in [-0.1, -0.05) is 52.0 Å². The van der Waals surface area contributed by atoms with Crippen LogP contribution in [0.3, 0.4) is 0 Å². The minimum Gasteiger partial charge on any atom is -0.289 e. The van der Waals surface area contributed by atoms with Crippen molar-refractivity contribution in [3.63, 3.8) is 0 Å². The van der Waals surface area contributed by atoms with Gasteiger partial charge >= 0.3 is 0 Å². The molecule has 0 N–H and O–H groups in total. The molecule has 0 heterocycles. The van der Waals surface area contributed by atoms with E-state index < -0.39 is 0 Å². The Bertz CT molecular complexity index is 798. The Labute approximate surface area is 157 Å². The second-order valence-electron chi connectivity index (χ2n) is 9.55. The smallest absolute Gasteiger partial charge is 0.193 e. The van der Waals surface area contributed by atoms with Gasteiger partial charge in [0.1, 0.15) is 0 Å². The predicted octanol–water partition coefficient (Wildman–Crippen LogP) is 6.15. The molecular formula is C25H30O. The van der Waals surface area contributed by atoms with Crippen LogP contribution in [0.2, 0.25) is 0 Å². The third-order valence-electron chi connectivity index (χ3n) is 6.69. The predicted molar refractivity (Wildman–Crippen MR) is 108 cm³/mol. The number of carbonyl (C=O) groups is 1. The Morgan fingerprint density at radius 2 is 1.15 bits per heavy atom. The molecule has 0 fully saturated rings. The molecule has 0 aliphatic heterocycles. The van der Waals surface area contributed by atoms with E-state index in [1.54, 1.807) is 0 Å².